The summed E-state index contributed by atoms with van der Waals surface area (Å²) in [6.07, 6.45) is 0. The molecule has 5 heteroatoms. The van der Waals surface area contributed by atoms with Gasteiger partial charge in [-0.3, -0.25) is 0 Å². The van der Waals surface area contributed by atoms with Gasteiger partial charge in [-0.05, 0) is 37.6 Å². The number of carbonyl (C=O) groups is 1. The van der Waals surface area contributed by atoms with Crippen LogP contribution in [0.2, 0.25) is 0 Å². The SMILES string of the molecule is Cc1ccc(C)c(C(=O)OCc2cc(=O)oc3cc(O)ccc23)c1. The summed E-state index contributed by atoms with van der Waals surface area (Å²) in [6, 6.07) is 11.3. The fraction of sp³-hybridized carbons (Fsp3) is 0.158. The van der Waals surface area contributed by atoms with Gasteiger partial charge in [0.05, 0.1) is 5.56 Å². The van der Waals surface area contributed by atoms with Gasteiger partial charge in [0.25, 0.3) is 0 Å². The molecule has 1 N–H and O–H groups in total. The summed E-state index contributed by atoms with van der Waals surface area (Å²) in [5, 5.41) is 10.1. The van der Waals surface area contributed by atoms with E-state index in [1.807, 2.05) is 26.0 Å². The first-order valence-corrected chi connectivity index (χ1v) is 7.44. The molecule has 0 unspecified atom stereocenters. The van der Waals surface area contributed by atoms with Crippen molar-refractivity contribution in [2.75, 3.05) is 0 Å². The smallest absolute Gasteiger partial charge is 0.338 e. The third-order valence-electron chi connectivity index (χ3n) is 3.79. The minimum atomic E-state index is -0.564. The summed E-state index contributed by atoms with van der Waals surface area (Å²) in [7, 11) is 0. The highest BCUT2D eigenvalue weighted by atomic mass is 16.5. The Bertz CT molecular complexity index is 985. The van der Waals surface area contributed by atoms with Crippen molar-refractivity contribution in [1.29, 1.82) is 0 Å². The van der Waals surface area contributed by atoms with Crippen LogP contribution >= 0.6 is 0 Å². The molecular weight excluding hydrogens is 308 g/mol. The molecule has 3 aromatic rings. The number of carbonyl (C=O) groups excluding carboxylic acids is 1. The van der Waals surface area contributed by atoms with Crippen molar-refractivity contribution in [3.8, 4) is 5.75 Å². The van der Waals surface area contributed by atoms with E-state index >= 15 is 0 Å². The van der Waals surface area contributed by atoms with Gasteiger partial charge in [0.2, 0.25) is 0 Å². The third-order valence-corrected chi connectivity index (χ3v) is 3.79. The van der Waals surface area contributed by atoms with Crippen LogP contribution in [-0.2, 0) is 11.3 Å². The molecule has 0 bridgehead atoms. The lowest BCUT2D eigenvalue weighted by atomic mass is 10.1. The molecule has 0 fully saturated rings. The first-order chi connectivity index (χ1) is 11.4. The van der Waals surface area contributed by atoms with Gasteiger partial charge >= 0.3 is 11.6 Å². The maximum absolute atomic E-state index is 12.3. The first kappa shape index (κ1) is 15.8. The molecule has 0 aliphatic carbocycles. The molecule has 24 heavy (non-hydrogen) atoms. The standard InChI is InChI=1S/C19H16O5/c1-11-3-4-12(2)16(7-11)19(22)23-10-13-8-18(21)24-17-9-14(20)5-6-15(13)17/h3-9,20H,10H2,1-2H3. The predicted octanol–water partition coefficient (Wildman–Crippen LogP) is 3.47. The summed E-state index contributed by atoms with van der Waals surface area (Å²) in [5.74, 6) is -0.452. The van der Waals surface area contributed by atoms with Crippen LogP contribution in [0.25, 0.3) is 11.0 Å². The quantitative estimate of drug-likeness (QED) is 0.589. The lowest BCUT2D eigenvalue weighted by Crippen LogP contribution is -2.09. The number of rotatable bonds is 3. The minimum absolute atomic E-state index is 0.00446. The number of aromatic hydroxyl groups is 1. The monoisotopic (exact) mass is 324 g/mol. The highest BCUT2D eigenvalue weighted by molar-refractivity contribution is 5.91. The number of phenolic OH excluding ortho intramolecular Hbond substituents is 1. The zero-order valence-electron chi connectivity index (χ0n) is 13.3. The molecule has 3 rings (SSSR count). The van der Waals surface area contributed by atoms with Crippen molar-refractivity contribution in [2.45, 2.75) is 20.5 Å². The van der Waals surface area contributed by atoms with Gasteiger partial charge in [-0.25, -0.2) is 9.59 Å². The molecule has 1 heterocycles. The number of hydrogen-bond acceptors (Lipinski definition) is 5. The Kier molecular flexibility index (Phi) is 4.08. The number of phenols is 1. The van der Waals surface area contributed by atoms with E-state index in [1.165, 1.54) is 18.2 Å². The molecule has 0 spiro atoms. The van der Waals surface area contributed by atoms with Gasteiger partial charge in [-0.15, -0.1) is 0 Å². The van der Waals surface area contributed by atoms with Crippen LogP contribution in [0.1, 0.15) is 27.0 Å². The molecule has 0 amide bonds. The number of benzene rings is 2. The minimum Gasteiger partial charge on any atom is -0.508 e. The molecule has 122 valence electrons. The number of ether oxygens (including phenoxy) is 1. The highest BCUT2D eigenvalue weighted by Crippen LogP contribution is 2.22. The maximum atomic E-state index is 12.3. The normalized spacial score (nSPS) is 10.8. The number of fused-ring (bicyclic) bond motifs is 1. The second-order valence-corrected chi connectivity index (χ2v) is 5.67. The average Bonchev–Trinajstić information content (AvgIpc) is 2.54. The third kappa shape index (κ3) is 3.15. The Labute approximate surface area is 138 Å². The van der Waals surface area contributed by atoms with E-state index < -0.39 is 11.6 Å². The number of esters is 1. The van der Waals surface area contributed by atoms with E-state index in [0.717, 1.165) is 11.1 Å². The van der Waals surface area contributed by atoms with Crippen LogP contribution in [0.4, 0.5) is 0 Å². The summed E-state index contributed by atoms with van der Waals surface area (Å²) < 4.78 is 10.4. The molecule has 0 aliphatic heterocycles. The van der Waals surface area contributed by atoms with Crippen LogP contribution in [0.15, 0.2) is 51.7 Å². The van der Waals surface area contributed by atoms with Crippen LogP contribution in [0, 0.1) is 13.8 Å². The topological polar surface area (TPSA) is 76.7 Å². The van der Waals surface area contributed by atoms with E-state index in [1.54, 1.807) is 12.1 Å². The maximum Gasteiger partial charge on any atom is 0.338 e. The molecular formula is C19H16O5. The molecule has 5 nitrogen and oxygen atoms in total. The molecule has 0 saturated heterocycles. The molecule has 1 aromatic heterocycles. The van der Waals surface area contributed by atoms with Crippen LogP contribution in [0.3, 0.4) is 0 Å². The van der Waals surface area contributed by atoms with Gasteiger partial charge < -0.3 is 14.3 Å². The van der Waals surface area contributed by atoms with Crippen molar-refractivity contribution in [3.63, 3.8) is 0 Å². The van der Waals surface area contributed by atoms with E-state index in [-0.39, 0.29) is 17.9 Å². The van der Waals surface area contributed by atoms with Crippen molar-refractivity contribution in [2.24, 2.45) is 0 Å². The van der Waals surface area contributed by atoms with Crippen LogP contribution < -0.4 is 5.63 Å². The van der Waals surface area contributed by atoms with Gasteiger partial charge in [-0.2, -0.15) is 0 Å². The molecule has 0 saturated carbocycles. The van der Waals surface area contributed by atoms with Gasteiger partial charge in [-0.1, -0.05) is 17.7 Å². The second kappa shape index (κ2) is 6.20. The zero-order valence-corrected chi connectivity index (χ0v) is 13.3. The van der Waals surface area contributed by atoms with Crippen molar-refractivity contribution >= 4 is 16.9 Å². The van der Waals surface area contributed by atoms with Gasteiger partial charge in [0, 0.05) is 23.1 Å². The Balaban J connectivity index is 1.89. The Morgan fingerprint density at radius 1 is 1.12 bits per heavy atom. The van der Waals surface area contributed by atoms with Gasteiger partial charge in [0.15, 0.2) is 0 Å². The van der Waals surface area contributed by atoms with E-state index in [9.17, 15) is 14.7 Å². The van der Waals surface area contributed by atoms with E-state index in [0.29, 0.717) is 16.5 Å². The molecule has 0 radical (unpaired) electrons. The van der Waals surface area contributed by atoms with Crippen LogP contribution in [-0.4, -0.2) is 11.1 Å². The van der Waals surface area contributed by atoms with Crippen molar-refractivity contribution < 1.29 is 19.1 Å². The van der Waals surface area contributed by atoms with Gasteiger partial charge in [0.1, 0.15) is 17.9 Å². The Hall–Kier alpha value is -3.08. The second-order valence-electron chi connectivity index (χ2n) is 5.67. The summed E-state index contributed by atoms with van der Waals surface area (Å²) in [6.45, 7) is 3.68. The van der Waals surface area contributed by atoms with Crippen molar-refractivity contribution in [1.82, 2.24) is 0 Å². The molecule has 0 aliphatic rings. The fourth-order valence-electron chi connectivity index (χ4n) is 2.51. The average molecular weight is 324 g/mol. The highest BCUT2D eigenvalue weighted by Gasteiger charge is 2.13. The summed E-state index contributed by atoms with van der Waals surface area (Å²) in [4.78, 5) is 23.9. The Morgan fingerprint density at radius 2 is 1.92 bits per heavy atom. The first-order valence-electron chi connectivity index (χ1n) is 7.44. The lowest BCUT2D eigenvalue weighted by Gasteiger charge is -2.09. The molecule has 2 aromatic carbocycles. The number of hydrogen-bond donors (Lipinski definition) is 1. The largest absolute Gasteiger partial charge is 0.508 e. The fourth-order valence-corrected chi connectivity index (χ4v) is 2.51. The van der Waals surface area contributed by atoms with Crippen molar-refractivity contribution in [3.05, 3.63) is 75.1 Å². The summed E-state index contributed by atoms with van der Waals surface area (Å²) in [5.41, 5.74) is 2.51. The molecule has 0 atom stereocenters. The lowest BCUT2D eigenvalue weighted by molar-refractivity contribution is 0.0473. The number of aryl methyl sites for hydroxylation is 2. The van der Waals surface area contributed by atoms with E-state index in [4.69, 9.17) is 9.15 Å². The van der Waals surface area contributed by atoms with Crippen LogP contribution in [0.5, 0.6) is 5.75 Å². The predicted molar refractivity (Wildman–Crippen MR) is 89.2 cm³/mol. The zero-order chi connectivity index (χ0) is 17.3. The van der Waals surface area contributed by atoms with E-state index in [2.05, 4.69) is 0 Å². The summed E-state index contributed by atoms with van der Waals surface area (Å²) >= 11 is 0. The Morgan fingerprint density at radius 3 is 2.71 bits per heavy atom.